The van der Waals surface area contributed by atoms with E-state index in [9.17, 15) is 4.79 Å². The van der Waals surface area contributed by atoms with Gasteiger partial charge in [0.1, 0.15) is 0 Å². The van der Waals surface area contributed by atoms with Crippen molar-refractivity contribution in [3.63, 3.8) is 0 Å². The average molecular weight is 280 g/mol. The molecule has 0 spiro atoms. The molecule has 0 fully saturated rings. The Bertz CT molecular complexity index is 610. The number of carbonyl (C=O) groups excluding carboxylic acids is 1. The van der Waals surface area contributed by atoms with Crippen molar-refractivity contribution in [2.75, 3.05) is 0 Å². The van der Waals surface area contributed by atoms with Gasteiger partial charge in [0.15, 0.2) is 5.78 Å². The van der Waals surface area contributed by atoms with Crippen LogP contribution in [0.5, 0.6) is 0 Å². The van der Waals surface area contributed by atoms with E-state index in [0.29, 0.717) is 5.92 Å². The molecule has 0 saturated carbocycles. The zero-order chi connectivity index (χ0) is 15.6. The maximum Gasteiger partial charge on any atom is 0.193 e. The first-order chi connectivity index (χ1) is 9.79. The highest BCUT2D eigenvalue weighted by molar-refractivity contribution is 6.09. The van der Waals surface area contributed by atoms with Crippen molar-refractivity contribution in [2.24, 2.45) is 0 Å². The van der Waals surface area contributed by atoms with Gasteiger partial charge in [-0.1, -0.05) is 83.1 Å². The summed E-state index contributed by atoms with van der Waals surface area (Å²) in [6.07, 6.45) is 0. The average Bonchev–Trinajstić information content (AvgIpc) is 2.46. The van der Waals surface area contributed by atoms with E-state index in [0.717, 1.165) is 11.1 Å². The van der Waals surface area contributed by atoms with Gasteiger partial charge in [-0.2, -0.15) is 0 Å². The summed E-state index contributed by atoms with van der Waals surface area (Å²) in [6, 6.07) is 15.9. The summed E-state index contributed by atoms with van der Waals surface area (Å²) in [4.78, 5) is 12.5. The Labute approximate surface area is 128 Å². The fraction of sp³-hybridized carbons (Fsp3) is 0.350. The van der Waals surface area contributed by atoms with Crippen molar-refractivity contribution in [2.45, 2.75) is 46.0 Å². The first kappa shape index (κ1) is 15.5. The number of rotatable bonds is 3. The van der Waals surface area contributed by atoms with Crippen LogP contribution >= 0.6 is 0 Å². The van der Waals surface area contributed by atoms with Gasteiger partial charge in [0, 0.05) is 11.1 Å². The summed E-state index contributed by atoms with van der Waals surface area (Å²) >= 11 is 0. The molecule has 0 unspecified atom stereocenters. The van der Waals surface area contributed by atoms with Gasteiger partial charge < -0.3 is 0 Å². The van der Waals surface area contributed by atoms with Crippen LogP contribution in [0.3, 0.4) is 0 Å². The number of carbonyl (C=O) groups is 1. The van der Waals surface area contributed by atoms with E-state index in [-0.39, 0.29) is 11.2 Å². The molecule has 2 aromatic carbocycles. The summed E-state index contributed by atoms with van der Waals surface area (Å²) in [5.41, 5.74) is 4.12. The van der Waals surface area contributed by atoms with Crippen LogP contribution in [-0.2, 0) is 5.41 Å². The smallest absolute Gasteiger partial charge is 0.193 e. The third kappa shape index (κ3) is 3.60. The highest BCUT2D eigenvalue weighted by Crippen LogP contribution is 2.23. The molecule has 1 nitrogen and oxygen atoms in total. The molecule has 0 aliphatic rings. The van der Waals surface area contributed by atoms with Crippen molar-refractivity contribution in [1.82, 2.24) is 0 Å². The van der Waals surface area contributed by atoms with E-state index in [1.807, 2.05) is 36.4 Å². The molecule has 2 rings (SSSR count). The van der Waals surface area contributed by atoms with E-state index in [1.165, 1.54) is 11.1 Å². The maximum absolute atomic E-state index is 12.5. The van der Waals surface area contributed by atoms with E-state index in [1.54, 1.807) is 0 Å². The van der Waals surface area contributed by atoms with Crippen molar-refractivity contribution in [3.8, 4) is 0 Å². The van der Waals surface area contributed by atoms with Gasteiger partial charge in [-0.15, -0.1) is 0 Å². The monoisotopic (exact) mass is 280 g/mol. The Morgan fingerprint density at radius 1 is 0.810 bits per heavy atom. The van der Waals surface area contributed by atoms with Crippen LogP contribution < -0.4 is 0 Å². The SMILES string of the molecule is CC(C)c1ccc(C(=O)c2ccc(C(C)(C)C)cc2)cc1. The molecule has 0 bridgehead atoms. The molecule has 21 heavy (non-hydrogen) atoms. The largest absolute Gasteiger partial charge is 0.289 e. The third-order valence-corrected chi connectivity index (χ3v) is 3.85. The molecule has 2 aromatic rings. The molecule has 1 heteroatoms. The fourth-order valence-corrected chi connectivity index (χ4v) is 2.31. The van der Waals surface area contributed by atoms with Crippen LogP contribution in [0, 0.1) is 0 Å². The molecule has 0 radical (unpaired) electrons. The van der Waals surface area contributed by atoms with Crippen LogP contribution in [0.15, 0.2) is 48.5 Å². The lowest BCUT2D eigenvalue weighted by atomic mass is 9.86. The Balaban J connectivity index is 2.23. The topological polar surface area (TPSA) is 17.1 Å². The number of benzene rings is 2. The predicted molar refractivity (Wildman–Crippen MR) is 89.1 cm³/mol. The second kappa shape index (κ2) is 5.85. The summed E-state index contributed by atoms with van der Waals surface area (Å²) in [5, 5.41) is 0. The molecule has 0 aromatic heterocycles. The van der Waals surface area contributed by atoms with Crippen molar-refractivity contribution < 1.29 is 4.79 Å². The van der Waals surface area contributed by atoms with Gasteiger partial charge in [-0.25, -0.2) is 0 Å². The molecule has 0 saturated heterocycles. The van der Waals surface area contributed by atoms with Crippen molar-refractivity contribution in [1.29, 1.82) is 0 Å². The molecule has 0 aliphatic heterocycles. The van der Waals surface area contributed by atoms with Crippen molar-refractivity contribution in [3.05, 3.63) is 70.8 Å². The third-order valence-electron chi connectivity index (χ3n) is 3.85. The Hall–Kier alpha value is -1.89. The van der Waals surface area contributed by atoms with Gasteiger partial charge in [0.25, 0.3) is 0 Å². The zero-order valence-electron chi connectivity index (χ0n) is 13.6. The van der Waals surface area contributed by atoms with Crippen LogP contribution in [0.4, 0.5) is 0 Å². The van der Waals surface area contributed by atoms with E-state index in [2.05, 4.69) is 46.8 Å². The van der Waals surface area contributed by atoms with Gasteiger partial charge >= 0.3 is 0 Å². The molecule has 110 valence electrons. The number of ketones is 1. The van der Waals surface area contributed by atoms with Gasteiger partial charge in [0.2, 0.25) is 0 Å². The highest BCUT2D eigenvalue weighted by Gasteiger charge is 2.15. The lowest BCUT2D eigenvalue weighted by Gasteiger charge is -2.19. The highest BCUT2D eigenvalue weighted by atomic mass is 16.1. The van der Waals surface area contributed by atoms with E-state index >= 15 is 0 Å². The second-order valence-corrected chi connectivity index (χ2v) is 6.93. The summed E-state index contributed by atoms with van der Waals surface area (Å²) < 4.78 is 0. The van der Waals surface area contributed by atoms with Gasteiger partial charge in [0.05, 0.1) is 0 Å². The Morgan fingerprint density at radius 2 is 1.24 bits per heavy atom. The van der Waals surface area contributed by atoms with Gasteiger partial charge in [-0.3, -0.25) is 4.79 Å². The molecule has 0 N–H and O–H groups in total. The minimum atomic E-state index is 0.0887. The Kier molecular flexibility index (Phi) is 4.32. The zero-order valence-corrected chi connectivity index (χ0v) is 13.6. The van der Waals surface area contributed by atoms with Crippen LogP contribution in [0.2, 0.25) is 0 Å². The maximum atomic E-state index is 12.5. The fourth-order valence-electron chi connectivity index (χ4n) is 2.31. The van der Waals surface area contributed by atoms with Gasteiger partial charge in [-0.05, 0) is 22.5 Å². The molecule has 0 aliphatic carbocycles. The lowest BCUT2D eigenvalue weighted by Crippen LogP contribution is -2.11. The minimum absolute atomic E-state index is 0.0887. The number of hydrogen-bond donors (Lipinski definition) is 0. The summed E-state index contributed by atoms with van der Waals surface area (Å²) in [7, 11) is 0. The molecule has 0 heterocycles. The van der Waals surface area contributed by atoms with Crippen LogP contribution in [0.25, 0.3) is 0 Å². The van der Waals surface area contributed by atoms with E-state index in [4.69, 9.17) is 0 Å². The normalized spacial score (nSPS) is 11.7. The molecular weight excluding hydrogens is 256 g/mol. The van der Waals surface area contributed by atoms with Crippen LogP contribution in [0.1, 0.15) is 67.6 Å². The molecule has 0 atom stereocenters. The first-order valence-corrected chi connectivity index (χ1v) is 7.54. The summed E-state index contributed by atoms with van der Waals surface area (Å²) in [5.74, 6) is 0.575. The standard InChI is InChI=1S/C20H24O/c1-14(2)15-6-8-16(9-7-15)19(21)17-10-12-18(13-11-17)20(3,4)5/h6-14H,1-5H3. The van der Waals surface area contributed by atoms with Crippen LogP contribution in [-0.4, -0.2) is 5.78 Å². The lowest BCUT2D eigenvalue weighted by molar-refractivity contribution is 0.103. The second-order valence-electron chi connectivity index (χ2n) is 6.93. The Morgan fingerprint density at radius 3 is 1.62 bits per heavy atom. The minimum Gasteiger partial charge on any atom is -0.289 e. The quantitative estimate of drug-likeness (QED) is 0.694. The summed E-state index contributed by atoms with van der Waals surface area (Å²) in [6.45, 7) is 10.8. The predicted octanol–water partition coefficient (Wildman–Crippen LogP) is 5.34. The molecular formula is C20H24O. The van der Waals surface area contributed by atoms with E-state index < -0.39 is 0 Å². The van der Waals surface area contributed by atoms with Crippen molar-refractivity contribution >= 4 is 5.78 Å². The first-order valence-electron chi connectivity index (χ1n) is 7.54. The number of hydrogen-bond acceptors (Lipinski definition) is 1. The molecule has 0 amide bonds.